The highest BCUT2D eigenvalue weighted by molar-refractivity contribution is 5.72. The zero-order valence-corrected chi connectivity index (χ0v) is 9.15. The van der Waals surface area contributed by atoms with Crippen LogP contribution < -0.4 is 15.3 Å². The lowest BCUT2D eigenvalue weighted by atomic mass is 10.2. The molecule has 0 atom stereocenters. The predicted octanol–water partition coefficient (Wildman–Crippen LogP) is -0.364. The summed E-state index contributed by atoms with van der Waals surface area (Å²) in [6, 6.07) is 3.68. The Morgan fingerprint density at radius 2 is 2.35 bits per heavy atom. The molecule has 1 aromatic rings. The molecule has 0 saturated carbocycles. The van der Waals surface area contributed by atoms with E-state index in [1.807, 2.05) is 35.4 Å². The normalized spacial score (nSPS) is 16.9. The van der Waals surface area contributed by atoms with Crippen LogP contribution in [0.4, 0.5) is 0 Å². The molecule has 3 rings (SSSR count). The highest BCUT2D eigenvalue weighted by atomic mass is 16.5. The highest BCUT2D eigenvalue weighted by Crippen LogP contribution is 2.10. The summed E-state index contributed by atoms with van der Waals surface area (Å²) in [6.07, 6.45) is 12.8. The third kappa shape index (κ3) is 1.73. The second-order valence-electron chi connectivity index (χ2n) is 3.88. The van der Waals surface area contributed by atoms with E-state index in [-0.39, 0.29) is 0 Å². The molecule has 4 nitrogen and oxygen atoms in total. The quantitative estimate of drug-likeness (QED) is 0.447. The van der Waals surface area contributed by atoms with Crippen molar-refractivity contribution in [3.8, 4) is 0 Å². The topological polar surface area (TPSA) is 42.5 Å². The minimum absolute atomic E-state index is 0.669. The van der Waals surface area contributed by atoms with E-state index in [0.717, 1.165) is 22.2 Å². The summed E-state index contributed by atoms with van der Waals surface area (Å²) < 4.78 is 0.883. The van der Waals surface area contributed by atoms with Crippen molar-refractivity contribution in [1.82, 2.24) is 4.90 Å². The smallest absolute Gasteiger partial charge is 0.240 e. The number of rotatable bonds is 0. The van der Waals surface area contributed by atoms with Crippen LogP contribution >= 0.6 is 0 Å². The maximum atomic E-state index is 11.7. The van der Waals surface area contributed by atoms with Gasteiger partial charge in [-0.1, -0.05) is 6.08 Å². The Morgan fingerprint density at radius 3 is 3.29 bits per heavy atom. The van der Waals surface area contributed by atoms with E-state index in [2.05, 4.69) is 4.99 Å². The molecular weight excluding hydrogens is 214 g/mol. The highest BCUT2D eigenvalue weighted by Gasteiger charge is 2.12. The number of fused-ring (bicyclic) bond motifs is 2. The van der Waals surface area contributed by atoms with Crippen molar-refractivity contribution < 1.29 is 4.73 Å². The first-order chi connectivity index (χ1) is 8.34. The van der Waals surface area contributed by atoms with Gasteiger partial charge in [0.1, 0.15) is 0 Å². The van der Waals surface area contributed by atoms with E-state index >= 15 is 0 Å². The van der Waals surface area contributed by atoms with Crippen molar-refractivity contribution in [1.29, 1.82) is 0 Å². The summed E-state index contributed by atoms with van der Waals surface area (Å²) in [5, 5.41) is 13.3. The molecule has 84 valence electrons. The first kappa shape index (κ1) is 9.84. The molecule has 17 heavy (non-hydrogen) atoms. The number of aliphatic imine (C=N–C) groups is 1. The van der Waals surface area contributed by atoms with E-state index in [0.29, 0.717) is 5.35 Å². The van der Waals surface area contributed by atoms with E-state index in [4.69, 9.17) is 0 Å². The standard InChI is InChI=1S/C13H11N3O/c17-16-7-3-4-11-8-12-9-14-5-1-2-6-15(12)10-13(11)16/h1-5,7-10H,6H2. The van der Waals surface area contributed by atoms with Crippen LogP contribution in [0.2, 0.25) is 0 Å². The van der Waals surface area contributed by atoms with Gasteiger partial charge in [-0.15, -0.1) is 0 Å². The number of aromatic nitrogens is 1. The Hall–Kier alpha value is -2.36. The Bertz CT molecular complexity index is 656. The van der Waals surface area contributed by atoms with E-state index in [9.17, 15) is 5.21 Å². The Morgan fingerprint density at radius 1 is 1.41 bits per heavy atom. The second kappa shape index (κ2) is 3.90. The van der Waals surface area contributed by atoms with Gasteiger partial charge in [0.25, 0.3) is 0 Å². The predicted molar refractivity (Wildman–Crippen MR) is 66.0 cm³/mol. The molecular formula is C13H11N3O. The lowest BCUT2D eigenvalue weighted by Gasteiger charge is -2.21. The average molecular weight is 225 g/mol. The van der Waals surface area contributed by atoms with Gasteiger partial charge in [-0.3, -0.25) is 4.99 Å². The van der Waals surface area contributed by atoms with Gasteiger partial charge in [-0.05, 0) is 18.2 Å². The van der Waals surface area contributed by atoms with Gasteiger partial charge in [-0.25, -0.2) is 0 Å². The van der Waals surface area contributed by atoms with Crippen LogP contribution in [0, 0.1) is 5.21 Å². The average Bonchev–Trinajstić information content (AvgIpc) is 2.30. The van der Waals surface area contributed by atoms with Gasteiger partial charge in [-0.2, -0.15) is 4.73 Å². The maximum absolute atomic E-state index is 11.7. The first-order valence-electron chi connectivity index (χ1n) is 5.41. The summed E-state index contributed by atoms with van der Waals surface area (Å²) in [5.41, 5.74) is 0.990. The lowest BCUT2D eigenvalue weighted by molar-refractivity contribution is -0.620. The van der Waals surface area contributed by atoms with Gasteiger partial charge < -0.3 is 10.1 Å². The van der Waals surface area contributed by atoms with Crippen molar-refractivity contribution in [3.05, 3.63) is 58.2 Å². The lowest BCUT2D eigenvalue weighted by Crippen LogP contribution is -2.55. The molecule has 4 heteroatoms. The molecule has 0 radical (unpaired) electrons. The van der Waals surface area contributed by atoms with Gasteiger partial charge in [0.15, 0.2) is 6.20 Å². The second-order valence-corrected chi connectivity index (χ2v) is 3.88. The van der Waals surface area contributed by atoms with Crippen LogP contribution in [0.25, 0.3) is 12.3 Å². The Labute approximate surface area is 98.4 Å². The van der Waals surface area contributed by atoms with Crippen LogP contribution in [-0.4, -0.2) is 17.7 Å². The minimum atomic E-state index is 0.669. The van der Waals surface area contributed by atoms with Crippen LogP contribution in [0.15, 0.2) is 47.4 Å². The molecule has 0 spiro atoms. The fourth-order valence-corrected chi connectivity index (χ4v) is 1.91. The summed E-state index contributed by atoms with van der Waals surface area (Å²) in [5.74, 6) is 0. The van der Waals surface area contributed by atoms with E-state index in [1.165, 1.54) is 6.20 Å². The summed E-state index contributed by atoms with van der Waals surface area (Å²) in [6.45, 7) is 0.739. The molecule has 0 fully saturated rings. The molecule has 0 aliphatic carbocycles. The van der Waals surface area contributed by atoms with Crippen LogP contribution in [0.5, 0.6) is 0 Å². The molecule has 2 aliphatic rings. The fraction of sp³-hybridized carbons (Fsp3) is 0.0769. The van der Waals surface area contributed by atoms with Gasteiger partial charge >= 0.3 is 0 Å². The van der Waals surface area contributed by atoms with Gasteiger partial charge in [0.2, 0.25) is 5.35 Å². The SMILES string of the molecule is [O-][n+]1cccc2c1=CN1CC=CC=NC=C1C=2. The van der Waals surface area contributed by atoms with Crippen LogP contribution in [0.3, 0.4) is 0 Å². The van der Waals surface area contributed by atoms with E-state index in [1.54, 1.807) is 18.5 Å². The zero-order valence-electron chi connectivity index (χ0n) is 9.15. The molecule has 0 unspecified atom stereocenters. The number of allylic oxidation sites excluding steroid dienone is 2. The number of hydrogen-bond donors (Lipinski definition) is 0. The Kier molecular flexibility index (Phi) is 2.26. The number of pyridine rings is 1. The zero-order chi connectivity index (χ0) is 11.7. The minimum Gasteiger partial charge on any atom is -0.618 e. The van der Waals surface area contributed by atoms with Crippen LogP contribution in [-0.2, 0) is 0 Å². The molecule has 3 heterocycles. The summed E-state index contributed by atoms with van der Waals surface area (Å²) in [4.78, 5) is 6.16. The molecule has 2 aliphatic heterocycles. The van der Waals surface area contributed by atoms with Gasteiger partial charge in [0, 0.05) is 18.8 Å². The first-order valence-corrected chi connectivity index (χ1v) is 5.41. The van der Waals surface area contributed by atoms with Crippen molar-refractivity contribution >= 4 is 18.5 Å². The molecule has 0 saturated heterocycles. The number of hydrogen-bond acceptors (Lipinski definition) is 3. The van der Waals surface area contributed by atoms with Crippen LogP contribution in [0.1, 0.15) is 0 Å². The van der Waals surface area contributed by atoms with Crippen molar-refractivity contribution in [3.63, 3.8) is 0 Å². The third-order valence-electron chi connectivity index (χ3n) is 2.76. The summed E-state index contributed by atoms with van der Waals surface area (Å²) >= 11 is 0. The molecule has 0 N–H and O–H groups in total. The molecule has 1 aromatic heterocycles. The van der Waals surface area contributed by atoms with Crippen molar-refractivity contribution in [2.24, 2.45) is 4.99 Å². The Balaban J connectivity index is 2.24. The number of nitrogens with zero attached hydrogens (tertiary/aromatic N) is 3. The molecule has 0 bridgehead atoms. The monoisotopic (exact) mass is 225 g/mol. The summed E-state index contributed by atoms with van der Waals surface area (Å²) in [7, 11) is 0. The third-order valence-corrected chi connectivity index (χ3v) is 2.76. The van der Waals surface area contributed by atoms with E-state index < -0.39 is 0 Å². The molecule has 0 amide bonds. The van der Waals surface area contributed by atoms with Crippen molar-refractivity contribution in [2.75, 3.05) is 6.54 Å². The van der Waals surface area contributed by atoms with Crippen molar-refractivity contribution in [2.45, 2.75) is 0 Å². The van der Waals surface area contributed by atoms with Gasteiger partial charge in [0.05, 0.1) is 23.3 Å². The largest absolute Gasteiger partial charge is 0.618 e. The molecule has 0 aromatic carbocycles. The maximum Gasteiger partial charge on any atom is 0.240 e. The fourth-order valence-electron chi connectivity index (χ4n) is 1.91.